The molecular weight excluding hydrogens is 372 g/mol. The van der Waals surface area contributed by atoms with Crippen molar-refractivity contribution >= 4 is 28.8 Å². The van der Waals surface area contributed by atoms with E-state index in [1.165, 1.54) is 11.3 Å². The van der Waals surface area contributed by atoms with Gasteiger partial charge in [-0.3, -0.25) is 14.5 Å². The predicted octanol–water partition coefficient (Wildman–Crippen LogP) is 3.35. The Morgan fingerprint density at radius 1 is 1.32 bits per heavy atom. The Morgan fingerprint density at radius 3 is 2.75 bits per heavy atom. The summed E-state index contributed by atoms with van der Waals surface area (Å²) in [4.78, 5) is 31.5. The number of anilines is 1. The number of benzene rings is 1. The fourth-order valence-electron chi connectivity index (χ4n) is 3.55. The topological polar surface area (TPSA) is 88.3 Å². The monoisotopic (exact) mass is 400 g/mol. The van der Waals surface area contributed by atoms with E-state index >= 15 is 0 Å². The number of likely N-dealkylation sites (tertiary alicyclic amines) is 1. The standard InChI is InChI=1S/C21H28N4O2S/c1-3-5-18-23-14(2)19(28-18)21(27)24-17-7-4-6-15(12-17)13-25-10-8-16(9-11-25)20(22)26/h4,6-7,12,16H,3,5,8-11,13H2,1-2H3,(H2,22,26)(H,24,27). The summed E-state index contributed by atoms with van der Waals surface area (Å²) in [5.41, 5.74) is 8.13. The van der Waals surface area contributed by atoms with Crippen LogP contribution in [0.15, 0.2) is 24.3 Å². The molecule has 2 aromatic rings. The number of nitrogens with two attached hydrogens (primary N) is 1. The molecule has 1 aliphatic heterocycles. The largest absolute Gasteiger partial charge is 0.369 e. The molecule has 0 unspecified atom stereocenters. The van der Waals surface area contributed by atoms with E-state index in [9.17, 15) is 9.59 Å². The molecule has 150 valence electrons. The van der Waals surface area contributed by atoms with Crippen molar-refractivity contribution in [3.63, 3.8) is 0 Å². The van der Waals surface area contributed by atoms with Gasteiger partial charge in [0.25, 0.3) is 5.91 Å². The molecule has 0 radical (unpaired) electrons. The second-order valence-electron chi connectivity index (χ2n) is 7.38. The van der Waals surface area contributed by atoms with Gasteiger partial charge in [0.05, 0.1) is 10.7 Å². The Bertz CT molecular complexity index is 841. The molecule has 1 aromatic carbocycles. The number of aromatic nitrogens is 1. The maximum absolute atomic E-state index is 12.7. The van der Waals surface area contributed by atoms with Gasteiger partial charge in [-0.2, -0.15) is 0 Å². The Kier molecular flexibility index (Phi) is 6.80. The minimum atomic E-state index is -0.190. The first kappa shape index (κ1) is 20.5. The molecule has 0 atom stereocenters. The van der Waals surface area contributed by atoms with Gasteiger partial charge in [0, 0.05) is 18.2 Å². The van der Waals surface area contributed by atoms with Gasteiger partial charge in [0.2, 0.25) is 5.91 Å². The Hall–Kier alpha value is -2.25. The third-order valence-electron chi connectivity index (χ3n) is 5.09. The molecule has 0 saturated carbocycles. The van der Waals surface area contributed by atoms with Crippen molar-refractivity contribution in [3.8, 4) is 0 Å². The number of carbonyl (C=O) groups excluding carboxylic acids is 2. The van der Waals surface area contributed by atoms with Crippen LogP contribution in [-0.2, 0) is 17.8 Å². The number of nitrogens with zero attached hydrogens (tertiary/aromatic N) is 2. The average molecular weight is 401 g/mol. The van der Waals surface area contributed by atoms with E-state index in [-0.39, 0.29) is 17.7 Å². The number of thiazole rings is 1. The molecule has 2 amide bonds. The quantitative estimate of drug-likeness (QED) is 0.746. The molecule has 1 aromatic heterocycles. The minimum Gasteiger partial charge on any atom is -0.369 e. The normalized spacial score (nSPS) is 15.5. The van der Waals surface area contributed by atoms with Gasteiger partial charge in [-0.25, -0.2) is 4.98 Å². The van der Waals surface area contributed by atoms with E-state index in [2.05, 4.69) is 28.2 Å². The molecule has 6 nitrogen and oxygen atoms in total. The van der Waals surface area contributed by atoms with Crippen LogP contribution in [0, 0.1) is 12.8 Å². The lowest BCUT2D eigenvalue weighted by atomic mass is 9.96. The van der Waals surface area contributed by atoms with Crippen molar-refractivity contribution in [1.82, 2.24) is 9.88 Å². The molecule has 0 bridgehead atoms. The summed E-state index contributed by atoms with van der Waals surface area (Å²) in [5.74, 6) is -0.288. The SMILES string of the molecule is CCCc1nc(C)c(C(=O)Nc2cccc(CN3CCC(C(N)=O)CC3)c2)s1. The second kappa shape index (κ2) is 9.30. The summed E-state index contributed by atoms with van der Waals surface area (Å²) in [7, 11) is 0. The summed E-state index contributed by atoms with van der Waals surface area (Å²) in [6, 6.07) is 7.95. The number of nitrogens with one attached hydrogen (secondary N) is 1. The van der Waals surface area contributed by atoms with Gasteiger partial charge < -0.3 is 11.1 Å². The fraction of sp³-hybridized carbons (Fsp3) is 0.476. The first-order chi connectivity index (χ1) is 13.5. The molecular formula is C21H28N4O2S. The van der Waals surface area contributed by atoms with Crippen LogP contribution in [0.2, 0.25) is 0 Å². The maximum Gasteiger partial charge on any atom is 0.267 e. The summed E-state index contributed by atoms with van der Waals surface area (Å²) < 4.78 is 0. The number of piperidine rings is 1. The Morgan fingerprint density at radius 2 is 2.07 bits per heavy atom. The first-order valence-electron chi connectivity index (χ1n) is 9.84. The smallest absolute Gasteiger partial charge is 0.267 e. The van der Waals surface area contributed by atoms with Crippen LogP contribution >= 0.6 is 11.3 Å². The van der Waals surface area contributed by atoms with E-state index in [4.69, 9.17) is 5.73 Å². The lowest BCUT2D eigenvalue weighted by Gasteiger charge is -2.30. The van der Waals surface area contributed by atoms with Crippen molar-refractivity contribution in [1.29, 1.82) is 0 Å². The summed E-state index contributed by atoms with van der Waals surface area (Å²) in [6.07, 6.45) is 3.56. The van der Waals surface area contributed by atoms with Gasteiger partial charge in [-0.1, -0.05) is 19.1 Å². The number of primary amides is 1. The van der Waals surface area contributed by atoms with Crippen molar-refractivity contribution in [2.24, 2.45) is 11.7 Å². The van der Waals surface area contributed by atoms with Gasteiger partial charge in [0.15, 0.2) is 0 Å². The molecule has 2 heterocycles. The molecule has 28 heavy (non-hydrogen) atoms. The van der Waals surface area contributed by atoms with E-state index in [0.717, 1.165) is 67.3 Å². The highest BCUT2D eigenvalue weighted by molar-refractivity contribution is 7.13. The number of hydrogen-bond donors (Lipinski definition) is 2. The first-order valence-corrected chi connectivity index (χ1v) is 10.7. The number of aryl methyl sites for hydroxylation is 2. The summed E-state index contributed by atoms with van der Waals surface area (Å²) >= 11 is 1.48. The highest BCUT2D eigenvalue weighted by atomic mass is 32.1. The van der Waals surface area contributed by atoms with Crippen LogP contribution in [0.25, 0.3) is 0 Å². The van der Waals surface area contributed by atoms with Crippen LogP contribution in [0.4, 0.5) is 5.69 Å². The molecule has 0 aliphatic carbocycles. The van der Waals surface area contributed by atoms with E-state index < -0.39 is 0 Å². The van der Waals surface area contributed by atoms with E-state index in [0.29, 0.717) is 4.88 Å². The van der Waals surface area contributed by atoms with Crippen molar-refractivity contribution in [2.45, 2.75) is 46.1 Å². The lowest BCUT2D eigenvalue weighted by molar-refractivity contribution is -0.123. The molecule has 3 rings (SSSR count). The van der Waals surface area contributed by atoms with Crippen molar-refractivity contribution < 1.29 is 9.59 Å². The van der Waals surface area contributed by atoms with Gasteiger partial charge in [-0.15, -0.1) is 11.3 Å². The van der Waals surface area contributed by atoms with E-state index in [1.54, 1.807) is 0 Å². The van der Waals surface area contributed by atoms with Gasteiger partial charge in [0.1, 0.15) is 4.88 Å². The molecule has 1 fully saturated rings. The zero-order valence-electron chi connectivity index (χ0n) is 16.5. The predicted molar refractivity (Wildman–Crippen MR) is 112 cm³/mol. The minimum absolute atomic E-state index is 0.00196. The fourth-order valence-corrected chi connectivity index (χ4v) is 4.61. The Balaban J connectivity index is 1.60. The van der Waals surface area contributed by atoms with Gasteiger partial charge >= 0.3 is 0 Å². The second-order valence-corrected chi connectivity index (χ2v) is 8.46. The summed E-state index contributed by atoms with van der Waals surface area (Å²) in [5, 5.41) is 4.02. The maximum atomic E-state index is 12.7. The Labute approximate surface area is 170 Å². The molecule has 1 aliphatic rings. The number of rotatable bonds is 7. The molecule has 3 N–H and O–H groups in total. The third-order valence-corrected chi connectivity index (χ3v) is 6.31. The number of hydrogen-bond acceptors (Lipinski definition) is 5. The van der Waals surface area contributed by atoms with Crippen molar-refractivity contribution in [2.75, 3.05) is 18.4 Å². The van der Waals surface area contributed by atoms with Crippen LogP contribution < -0.4 is 11.1 Å². The third kappa shape index (κ3) is 5.17. The van der Waals surface area contributed by atoms with Crippen LogP contribution in [0.1, 0.15) is 52.1 Å². The van der Waals surface area contributed by atoms with Crippen LogP contribution in [-0.4, -0.2) is 34.8 Å². The van der Waals surface area contributed by atoms with Crippen LogP contribution in [0.5, 0.6) is 0 Å². The highest BCUT2D eigenvalue weighted by Gasteiger charge is 2.23. The number of amides is 2. The highest BCUT2D eigenvalue weighted by Crippen LogP contribution is 2.23. The van der Waals surface area contributed by atoms with Crippen molar-refractivity contribution in [3.05, 3.63) is 45.4 Å². The van der Waals surface area contributed by atoms with Crippen LogP contribution in [0.3, 0.4) is 0 Å². The molecule has 1 saturated heterocycles. The average Bonchev–Trinajstić information content (AvgIpc) is 3.03. The molecule has 0 spiro atoms. The number of carbonyl (C=O) groups is 2. The van der Waals surface area contributed by atoms with Gasteiger partial charge in [-0.05, 0) is 63.4 Å². The summed E-state index contributed by atoms with van der Waals surface area (Å²) in [6.45, 7) is 6.53. The zero-order valence-corrected chi connectivity index (χ0v) is 17.3. The lowest BCUT2D eigenvalue weighted by Crippen LogP contribution is -2.38. The van der Waals surface area contributed by atoms with E-state index in [1.807, 2.05) is 25.1 Å². The molecule has 7 heteroatoms. The zero-order chi connectivity index (χ0) is 20.1.